The minimum atomic E-state index is -0.489. The summed E-state index contributed by atoms with van der Waals surface area (Å²) in [6.45, 7) is 3.31. The predicted octanol–water partition coefficient (Wildman–Crippen LogP) is 2.29. The van der Waals surface area contributed by atoms with Crippen LogP contribution in [-0.2, 0) is 20.9 Å². The van der Waals surface area contributed by atoms with Crippen molar-refractivity contribution >= 4 is 23.8 Å². The molecule has 1 atom stereocenters. The quantitative estimate of drug-likeness (QED) is 0.545. The minimum Gasteiger partial charge on any atom is -0.494 e. The fourth-order valence-corrected chi connectivity index (χ4v) is 3.19. The van der Waals surface area contributed by atoms with Crippen molar-refractivity contribution in [3.8, 4) is 5.75 Å². The van der Waals surface area contributed by atoms with Gasteiger partial charge in [0.25, 0.3) is 5.91 Å². The molecule has 2 N–H and O–H groups in total. The SMILES string of the molecule is CCOc1ccc(/C=C/C(=O)NNC(=O)C2CC(=O)N(Cc3ccccc3)C2)cc1. The number of nitrogens with zero attached hydrogens (tertiary/aromatic N) is 1. The highest BCUT2D eigenvalue weighted by Crippen LogP contribution is 2.20. The van der Waals surface area contributed by atoms with Gasteiger partial charge in [-0.05, 0) is 36.3 Å². The fraction of sp³-hybridized carbons (Fsp3) is 0.261. The number of carbonyl (C=O) groups excluding carboxylic acids is 3. The monoisotopic (exact) mass is 407 g/mol. The highest BCUT2D eigenvalue weighted by molar-refractivity contribution is 5.94. The zero-order valence-corrected chi connectivity index (χ0v) is 16.8. The number of amides is 3. The zero-order chi connectivity index (χ0) is 21.3. The Bertz CT molecular complexity index is 910. The Balaban J connectivity index is 1.44. The Labute approximate surface area is 175 Å². The van der Waals surface area contributed by atoms with Gasteiger partial charge < -0.3 is 9.64 Å². The molecular weight excluding hydrogens is 382 g/mol. The number of hydrazine groups is 1. The van der Waals surface area contributed by atoms with Crippen molar-refractivity contribution in [2.45, 2.75) is 19.9 Å². The molecule has 3 rings (SSSR count). The van der Waals surface area contributed by atoms with Crippen LogP contribution < -0.4 is 15.6 Å². The molecule has 7 nitrogen and oxygen atoms in total. The number of benzene rings is 2. The number of hydrogen-bond acceptors (Lipinski definition) is 4. The summed E-state index contributed by atoms with van der Waals surface area (Å²) in [5.41, 5.74) is 6.61. The van der Waals surface area contributed by atoms with E-state index in [-0.39, 0.29) is 18.2 Å². The van der Waals surface area contributed by atoms with Crippen molar-refractivity contribution in [2.75, 3.05) is 13.2 Å². The van der Waals surface area contributed by atoms with Gasteiger partial charge in [-0.1, -0.05) is 42.5 Å². The van der Waals surface area contributed by atoms with E-state index in [2.05, 4.69) is 10.9 Å². The van der Waals surface area contributed by atoms with Crippen LogP contribution in [0, 0.1) is 5.92 Å². The van der Waals surface area contributed by atoms with E-state index in [0.717, 1.165) is 16.9 Å². The molecule has 1 heterocycles. The van der Waals surface area contributed by atoms with Gasteiger partial charge in [-0.25, -0.2) is 0 Å². The molecule has 1 fully saturated rings. The maximum atomic E-state index is 12.3. The van der Waals surface area contributed by atoms with Gasteiger partial charge in [-0.2, -0.15) is 0 Å². The molecule has 1 unspecified atom stereocenters. The van der Waals surface area contributed by atoms with E-state index in [9.17, 15) is 14.4 Å². The molecule has 0 spiro atoms. The van der Waals surface area contributed by atoms with Crippen LogP contribution in [0.15, 0.2) is 60.7 Å². The van der Waals surface area contributed by atoms with Gasteiger partial charge in [0.1, 0.15) is 5.75 Å². The van der Waals surface area contributed by atoms with Gasteiger partial charge in [0.05, 0.1) is 12.5 Å². The number of nitrogens with one attached hydrogen (secondary N) is 2. The standard InChI is InChI=1S/C23H25N3O4/c1-2-30-20-11-8-17(9-12-20)10-13-21(27)24-25-23(29)19-14-22(28)26(16-19)15-18-6-4-3-5-7-18/h3-13,19H,2,14-16H2,1H3,(H,24,27)(H,25,29)/b13-10+. The van der Waals surface area contributed by atoms with E-state index in [4.69, 9.17) is 4.74 Å². The highest BCUT2D eigenvalue weighted by atomic mass is 16.5. The summed E-state index contributed by atoms with van der Waals surface area (Å²) in [4.78, 5) is 38.1. The maximum absolute atomic E-state index is 12.3. The lowest BCUT2D eigenvalue weighted by atomic mass is 10.1. The first kappa shape index (κ1) is 21.1. The average molecular weight is 407 g/mol. The van der Waals surface area contributed by atoms with Gasteiger partial charge in [-0.3, -0.25) is 25.2 Å². The van der Waals surface area contributed by atoms with Crippen LogP contribution in [0.5, 0.6) is 5.75 Å². The van der Waals surface area contributed by atoms with Gasteiger partial charge >= 0.3 is 0 Å². The Morgan fingerprint density at radius 1 is 1.10 bits per heavy atom. The van der Waals surface area contributed by atoms with Crippen molar-refractivity contribution in [3.05, 3.63) is 71.8 Å². The number of carbonyl (C=O) groups is 3. The van der Waals surface area contributed by atoms with Crippen LogP contribution in [0.25, 0.3) is 6.08 Å². The molecule has 1 saturated heterocycles. The summed E-state index contributed by atoms with van der Waals surface area (Å²) in [6.07, 6.45) is 3.10. The third kappa shape index (κ3) is 5.94. The van der Waals surface area contributed by atoms with Crippen molar-refractivity contribution in [2.24, 2.45) is 5.92 Å². The highest BCUT2D eigenvalue weighted by Gasteiger charge is 2.34. The number of likely N-dealkylation sites (tertiary alicyclic amines) is 1. The van der Waals surface area contributed by atoms with Crippen molar-refractivity contribution in [1.82, 2.24) is 15.8 Å². The minimum absolute atomic E-state index is 0.0688. The molecule has 2 aromatic rings. The van der Waals surface area contributed by atoms with Crippen molar-refractivity contribution in [3.63, 3.8) is 0 Å². The van der Waals surface area contributed by atoms with E-state index in [0.29, 0.717) is 19.7 Å². The topological polar surface area (TPSA) is 87.7 Å². The number of rotatable bonds is 7. The molecule has 0 radical (unpaired) electrons. The Kier molecular flexibility index (Phi) is 7.21. The van der Waals surface area contributed by atoms with E-state index in [1.165, 1.54) is 6.08 Å². The van der Waals surface area contributed by atoms with E-state index in [1.807, 2.05) is 61.5 Å². The molecule has 1 aliphatic rings. The number of hydrogen-bond donors (Lipinski definition) is 2. The summed E-state index contributed by atoms with van der Waals surface area (Å²) < 4.78 is 5.37. The molecule has 0 saturated carbocycles. The second kappa shape index (κ2) is 10.2. The first-order chi connectivity index (χ1) is 14.5. The molecule has 2 aromatic carbocycles. The van der Waals surface area contributed by atoms with Crippen LogP contribution >= 0.6 is 0 Å². The third-order valence-corrected chi connectivity index (χ3v) is 4.73. The van der Waals surface area contributed by atoms with E-state index in [1.54, 1.807) is 11.0 Å². The molecule has 0 aromatic heterocycles. The summed E-state index contributed by atoms with van der Waals surface area (Å²) in [7, 11) is 0. The van der Waals surface area contributed by atoms with Crippen LogP contribution in [0.2, 0.25) is 0 Å². The Morgan fingerprint density at radius 2 is 1.83 bits per heavy atom. The molecule has 30 heavy (non-hydrogen) atoms. The normalized spacial score (nSPS) is 16.0. The summed E-state index contributed by atoms with van der Waals surface area (Å²) in [5, 5.41) is 0. The molecular formula is C23H25N3O4. The van der Waals surface area contributed by atoms with Gasteiger partial charge in [0.15, 0.2) is 0 Å². The third-order valence-electron chi connectivity index (χ3n) is 4.73. The summed E-state index contributed by atoms with van der Waals surface area (Å²) >= 11 is 0. The lowest BCUT2D eigenvalue weighted by Crippen LogP contribution is -2.44. The van der Waals surface area contributed by atoms with Gasteiger partial charge in [-0.15, -0.1) is 0 Å². The second-order valence-corrected chi connectivity index (χ2v) is 6.97. The zero-order valence-electron chi connectivity index (χ0n) is 16.8. The Morgan fingerprint density at radius 3 is 2.53 bits per heavy atom. The smallest absolute Gasteiger partial charge is 0.262 e. The van der Waals surface area contributed by atoms with Crippen LogP contribution in [0.4, 0.5) is 0 Å². The van der Waals surface area contributed by atoms with Crippen LogP contribution in [0.1, 0.15) is 24.5 Å². The van der Waals surface area contributed by atoms with Crippen molar-refractivity contribution < 1.29 is 19.1 Å². The van der Waals surface area contributed by atoms with Crippen LogP contribution in [-0.4, -0.2) is 35.8 Å². The first-order valence-corrected chi connectivity index (χ1v) is 9.87. The number of ether oxygens (including phenoxy) is 1. The van der Waals surface area contributed by atoms with Crippen molar-refractivity contribution in [1.29, 1.82) is 0 Å². The summed E-state index contributed by atoms with van der Waals surface area (Å²) in [5.74, 6) is -0.625. The molecule has 0 bridgehead atoms. The predicted molar refractivity (Wildman–Crippen MR) is 113 cm³/mol. The first-order valence-electron chi connectivity index (χ1n) is 9.87. The molecule has 3 amide bonds. The van der Waals surface area contributed by atoms with Crippen LogP contribution in [0.3, 0.4) is 0 Å². The maximum Gasteiger partial charge on any atom is 0.262 e. The average Bonchev–Trinajstić information content (AvgIpc) is 3.13. The van der Waals surface area contributed by atoms with E-state index < -0.39 is 11.8 Å². The molecule has 156 valence electrons. The lowest BCUT2D eigenvalue weighted by Gasteiger charge is -2.16. The van der Waals surface area contributed by atoms with Gasteiger partial charge in [0.2, 0.25) is 11.8 Å². The van der Waals surface area contributed by atoms with Gasteiger partial charge in [0, 0.05) is 25.6 Å². The molecule has 7 heteroatoms. The Hall–Kier alpha value is -3.61. The lowest BCUT2D eigenvalue weighted by molar-refractivity contribution is -0.130. The summed E-state index contributed by atoms with van der Waals surface area (Å²) in [6, 6.07) is 16.9. The second-order valence-electron chi connectivity index (χ2n) is 6.97. The molecule has 1 aliphatic heterocycles. The molecule has 0 aliphatic carbocycles. The fourth-order valence-electron chi connectivity index (χ4n) is 3.19. The van der Waals surface area contributed by atoms with E-state index >= 15 is 0 Å². The largest absolute Gasteiger partial charge is 0.494 e.